The lowest BCUT2D eigenvalue weighted by molar-refractivity contribution is 0.0502. The second-order valence-corrected chi connectivity index (χ2v) is 9.26. The summed E-state index contributed by atoms with van der Waals surface area (Å²) in [6.45, 7) is 9.21. The average Bonchev–Trinajstić information content (AvgIpc) is 3.51. The van der Waals surface area contributed by atoms with E-state index in [0.717, 1.165) is 24.1 Å². The molecule has 0 bridgehead atoms. The van der Waals surface area contributed by atoms with Crippen molar-refractivity contribution in [2.75, 3.05) is 10.6 Å². The zero-order valence-corrected chi connectivity index (χ0v) is 19.1. The van der Waals surface area contributed by atoms with Crippen LogP contribution in [0.15, 0.2) is 30.3 Å². The van der Waals surface area contributed by atoms with Gasteiger partial charge < -0.3 is 20.7 Å². The molecule has 3 rings (SSSR count). The zero-order valence-electron chi connectivity index (χ0n) is 19.1. The van der Waals surface area contributed by atoms with Crippen molar-refractivity contribution in [3.8, 4) is 6.07 Å². The quantitative estimate of drug-likeness (QED) is 0.545. The van der Waals surface area contributed by atoms with Gasteiger partial charge in [-0.1, -0.05) is 12.1 Å². The third-order valence-electron chi connectivity index (χ3n) is 5.09. The second-order valence-electron chi connectivity index (χ2n) is 9.26. The monoisotopic (exact) mass is 439 g/mol. The first-order valence-electron chi connectivity index (χ1n) is 10.8. The first kappa shape index (κ1) is 23.3. The van der Waals surface area contributed by atoms with Gasteiger partial charge in [-0.15, -0.1) is 0 Å². The molecule has 1 heterocycles. The lowest BCUT2D eigenvalue weighted by Gasteiger charge is -2.28. The van der Waals surface area contributed by atoms with Crippen LogP contribution in [0.5, 0.6) is 0 Å². The molecule has 32 heavy (non-hydrogen) atoms. The molecule has 1 aliphatic carbocycles. The highest BCUT2D eigenvalue weighted by atomic mass is 19.1. The summed E-state index contributed by atoms with van der Waals surface area (Å²) in [5.74, 6) is -0.0328. The smallest absolute Gasteiger partial charge is 0.407 e. The Balaban J connectivity index is 1.81. The summed E-state index contributed by atoms with van der Waals surface area (Å²) in [4.78, 5) is 16.6. The molecule has 0 unspecified atom stereocenters. The number of aromatic nitrogens is 1. The Morgan fingerprint density at radius 1 is 1.28 bits per heavy atom. The Bertz CT molecular complexity index is 1020. The van der Waals surface area contributed by atoms with Gasteiger partial charge in [0.1, 0.15) is 11.7 Å². The molecule has 7 nitrogen and oxygen atoms in total. The van der Waals surface area contributed by atoms with Crippen LogP contribution in [-0.4, -0.2) is 28.8 Å². The van der Waals surface area contributed by atoms with E-state index in [1.54, 1.807) is 20.8 Å². The summed E-state index contributed by atoms with van der Waals surface area (Å²) in [6, 6.07) is 10.2. The fraction of sp³-hybridized carbons (Fsp3) is 0.458. The topological polar surface area (TPSA) is 99.1 Å². The van der Waals surface area contributed by atoms with Crippen molar-refractivity contribution >= 4 is 23.4 Å². The van der Waals surface area contributed by atoms with E-state index in [1.165, 1.54) is 6.07 Å². The largest absolute Gasteiger partial charge is 0.444 e. The summed E-state index contributed by atoms with van der Waals surface area (Å²) in [6.07, 6.45) is 1.43. The Labute approximate surface area is 188 Å². The molecule has 2 aromatic rings. The summed E-state index contributed by atoms with van der Waals surface area (Å²) < 4.78 is 20.1. The maximum absolute atomic E-state index is 14.8. The minimum absolute atomic E-state index is 0.0360. The number of carbonyl (C=O) groups excluding carboxylic acids is 1. The Morgan fingerprint density at radius 3 is 2.59 bits per heavy atom. The van der Waals surface area contributed by atoms with E-state index in [-0.39, 0.29) is 35.2 Å². The molecule has 1 aromatic carbocycles. The predicted octanol–water partition coefficient (Wildman–Crippen LogP) is 5.25. The van der Waals surface area contributed by atoms with Gasteiger partial charge in [0, 0.05) is 11.7 Å². The molecular formula is C24H30FN5O2. The Kier molecular flexibility index (Phi) is 6.87. The molecule has 2 atom stereocenters. The highest BCUT2D eigenvalue weighted by Gasteiger charge is 2.37. The summed E-state index contributed by atoms with van der Waals surface area (Å²) in [7, 11) is 0. The Hall–Kier alpha value is -3.34. The number of ether oxygens (including phenoxy) is 1. The maximum Gasteiger partial charge on any atom is 0.407 e. The molecule has 3 N–H and O–H groups in total. The number of aryl methyl sites for hydroxylation is 1. The first-order chi connectivity index (χ1) is 15.1. The highest BCUT2D eigenvalue weighted by molar-refractivity contribution is 5.68. The van der Waals surface area contributed by atoms with E-state index in [4.69, 9.17) is 4.74 Å². The van der Waals surface area contributed by atoms with Crippen LogP contribution in [0.25, 0.3) is 0 Å². The number of carbonyl (C=O) groups is 1. The van der Waals surface area contributed by atoms with Gasteiger partial charge in [-0.3, -0.25) is 0 Å². The number of anilines is 3. The van der Waals surface area contributed by atoms with Crippen LogP contribution < -0.4 is 16.0 Å². The number of benzene rings is 1. The molecule has 0 spiro atoms. The number of nitrogens with zero attached hydrogens (tertiary/aromatic N) is 2. The fourth-order valence-corrected chi connectivity index (χ4v) is 3.48. The van der Waals surface area contributed by atoms with E-state index >= 15 is 0 Å². The molecule has 1 aromatic heterocycles. The van der Waals surface area contributed by atoms with Crippen LogP contribution in [0.4, 0.5) is 26.5 Å². The molecule has 8 heteroatoms. The number of halogens is 1. The van der Waals surface area contributed by atoms with Crippen LogP contribution in [0.3, 0.4) is 0 Å². The van der Waals surface area contributed by atoms with Crippen LogP contribution in [0.1, 0.15) is 51.7 Å². The third-order valence-corrected chi connectivity index (χ3v) is 5.09. The number of alkyl carbamates (subject to hydrolysis) is 1. The summed E-state index contributed by atoms with van der Waals surface area (Å²) in [5, 5.41) is 18.6. The van der Waals surface area contributed by atoms with Gasteiger partial charge in [0.05, 0.1) is 11.6 Å². The van der Waals surface area contributed by atoms with Crippen LogP contribution in [0.2, 0.25) is 0 Å². The van der Waals surface area contributed by atoms with Crippen molar-refractivity contribution in [3.63, 3.8) is 0 Å². The number of rotatable bonds is 7. The number of nitriles is 1. The van der Waals surface area contributed by atoms with Gasteiger partial charge in [-0.25, -0.2) is 14.2 Å². The number of pyridine rings is 1. The van der Waals surface area contributed by atoms with E-state index in [0.29, 0.717) is 0 Å². The summed E-state index contributed by atoms with van der Waals surface area (Å²) >= 11 is 0. The highest BCUT2D eigenvalue weighted by Crippen LogP contribution is 2.36. The minimum atomic E-state index is -0.619. The van der Waals surface area contributed by atoms with Gasteiger partial charge in [-0.2, -0.15) is 5.26 Å². The molecule has 0 radical (unpaired) electrons. The van der Waals surface area contributed by atoms with Gasteiger partial charge in [0.2, 0.25) is 0 Å². The summed E-state index contributed by atoms with van der Waals surface area (Å²) in [5.41, 5.74) is 1.30. The molecule has 170 valence electrons. The minimum Gasteiger partial charge on any atom is -0.444 e. The van der Waals surface area contributed by atoms with Crippen LogP contribution in [-0.2, 0) is 4.74 Å². The zero-order chi connectivity index (χ0) is 23.5. The number of hydrogen-bond donors (Lipinski definition) is 3. The molecule has 1 amide bonds. The standard InChI is InChI=1S/C24H30FN5O2/c1-14-7-6-8-18(11-14)28-21-17(13-26)12-19(25)22(30-21)29-20(16-9-10-16)15(2)27-23(31)32-24(3,4)5/h6-8,11-12,15-16,20H,9-10H2,1-5H3,(H,27,31)(H2,28,29,30)/t15-,20-/m0/s1. The van der Waals surface area contributed by atoms with Gasteiger partial charge in [0.15, 0.2) is 17.5 Å². The predicted molar refractivity (Wildman–Crippen MR) is 122 cm³/mol. The maximum atomic E-state index is 14.8. The molecule has 1 saturated carbocycles. The van der Waals surface area contributed by atoms with Crippen molar-refractivity contribution in [2.45, 2.75) is 65.1 Å². The van der Waals surface area contributed by atoms with Crippen LogP contribution >= 0.6 is 0 Å². The lowest BCUT2D eigenvalue weighted by atomic mass is 10.0. The fourth-order valence-electron chi connectivity index (χ4n) is 3.48. The first-order valence-corrected chi connectivity index (χ1v) is 10.8. The molecule has 1 aliphatic rings. The van der Waals surface area contributed by atoms with Gasteiger partial charge >= 0.3 is 6.09 Å². The number of hydrogen-bond acceptors (Lipinski definition) is 6. The third kappa shape index (κ3) is 6.33. The van der Waals surface area contributed by atoms with Gasteiger partial charge in [0.25, 0.3) is 0 Å². The molecule has 1 fully saturated rings. The van der Waals surface area contributed by atoms with Crippen molar-refractivity contribution in [1.82, 2.24) is 10.3 Å². The van der Waals surface area contributed by atoms with Crippen molar-refractivity contribution in [1.29, 1.82) is 5.26 Å². The molecule has 0 saturated heterocycles. The molecular weight excluding hydrogens is 409 g/mol. The normalized spacial score (nSPS) is 15.3. The van der Waals surface area contributed by atoms with Crippen molar-refractivity contribution in [2.24, 2.45) is 5.92 Å². The lowest BCUT2D eigenvalue weighted by Crippen LogP contribution is -2.47. The number of nitrogens with one attached hydrogen (secondary N) is 3. The number of amides is 1. The van der Waals surface area contributed by atoms with Gasteiger partial charge in [-0.05, 0) is 77.1 Å². The van der Waals surface area contributed by atoms with Crippen molar-refractivity contribution < 1.29 is 13.9 Å². The second kappa shape index (κ2) is 9.43. The van der Waals surface area contributed by atoms with Crippen LogP contribution in [0, 0.1) is 30.0 Å². The Morgan fingerprint density at radius 2 is 2.00 bits per heavy atom. The SMILES string of the molecule is Cc1cccc(Nc2nc(N[C@H](C3CC3)[C@H](C)NC(=O)OC(C)(C)C)c(F)cc2C#N)c1. The molecule has 0 aliphatic heterocycles. The van der Waals surface area contributed by atoms with E-state index in [1.807, 2.05) is 44.2 Å². The van der Waals surface area contributed by atoms with E-state index in [9.17, 15) is 14.4 Å². The van der Waals surface area contributed by atoms with E-state index in [2.05, 4.69) is 20.9 Å². The average molecular weight is 440 g/mol. The van der Waals surface area contributed by atoms with E-state index < -0.39 is 17.5 Å². The van der Waals surface area contributed by atoms with Crippen molar-refractivity contribution in [3.05, 3.63) is 47.3 Å².